The summed E-state index contributed by atoms with van der Waals surface area (Å²) >= 11 is 11.3. The highest BCUT2D eigenvalue weighted by Crippen LogP contribution is 2.17. The van der Waals surface area contributed by atoms with Gasteiger partial charge in [0, 0.05) is 6.54 Å². The van der Waals surface area contributed by atoms with E-state index in [1.54, 1.807) is 12.2 Å². The molecule has 0 aliphatic carbocycles. The monoisotopic (exact) mass is 324 g/mol. The molecule has 0 aromatic heterocycles. The molecule has 1 N–H and O–H groups in total. The van der Waals surface area contributed by atoms with Gasteiger partial charge in [0.1, 0.15) is 11.1 Å². The molecular formula is C15H14Cl2N2O2. The van der Waals surface area contributed by atoms with Gasteiger partial charge in [-0.3, -0.25) is 4.90 Å². The maximum absolute atomic E-state index is 12.2. The maximum Gasteiger partial charge on any atom is 0.411 e. The molecule has 110 valence electrons. The Labute approximate surface area is 133 Å². The van der Waals surface area contributed by atoms with E-state index >= 15 is 0 Å². The van der Waals surface area contributed by atoms with Crippen LogP contribution in [0, 0.1) is 5.41 Å². The summed E-state index contributed by atoms with van der Waals surface area (Å²) in [5.41, 5.74) is 1.13. The number of ether oxygens (including phenoxy) is 1. The topological polar surface area (TPSA) is 53.4 Å². The minimum absolute atomic E-state index is 0.0147. The van der Waals surface area contributed by atoms with Crippen molar-refractivity contribution in [1.29, 1.82) is 5.41 Å². The summed E-state index contributed by atoms with van der Waals surface area (Å²) in [4.78, 5) is 13.6. The number of carbonyl (C=O) groups excluding carboxylic acids is 1. The molecule has 0 saturated carbocycles. The molecule has 1 heterocycles. The molecule has 1 aromatic carbocycles. The van der Waals surface area contributed by atoms with Crippen LogP contribution in [0.1, 0.15) is 5.56 Å². The lowest BCUT2D eigenvalue weighted by molar-refractivity contribution is 0.0982. The number of hydrogen-bond acceptors (Lipinski definition) is 3. The Morgan fingerprint density at radius 1 is 1.38 bits per heavy atom. The number of amides is 1. The molecule has 0 fully saturated rings. The molecule has 1 aliphatic rings. The zero-order valence-electron chi connectivity index (χ0n) is 11.1. The number of nitrogens with one attached hydrogen (secondary N) is 1. The number of rotatable bonds is 3. The third-order valence-electron chi connectivity index (χ3n) is 2.98. The second-order valence-corrected chi connectivity index (χ2v) is 5.46. The van der Waals surface area contributed by atoms with E-state index in [0.29, 0.717) is 6.54 Å². The third kappa shape index (κ3) is 4.34. The Kier molecular flexibility index (Phi) is 5.42. The molecule has 2 rings (SSSR count). The van der Waals surface area contributed by atoms with Gasteiger partial charge in [0.05, 0.1) is 11.8 Å². The summed E-state index contributed by atoms with van der Waals surface area (Å²) in [7, 11) is 0. The Balaban J connectivity index is 2.04. The maximum atomic E-state index is 12.2. The summed E-state index contributed by atoms with van der Waals surface area (Å²) in [5, 5.41) is 7.86. The lowest BCUT2D eigenvalue weighted by Gasteiger charge is -2.30. The van der Waals surface area contributed by atoms with E-state index in [1.807, 2.05) is 30.3 Å². The summed E-state index contributed by atoms with van der Waals surface area (Å²) in [6, 6.07) is 8.79. The van der Waals surface area contributed by atoms with E-state index in [2.05, 4.69) is 0 Å². The van der Waals surface area contributed by atoms with Crippen LogP contribution in [0.2, 0.25) is 0 Å². The molecule has 0 spiro atoms. The van der Waals surface area contributed by atoms with Crippen LogP contribution in [0.4, 0.5) is 4.79 Å². The Bertz CT molecular complexity index is 581. The molecule has 1 aromatic rings. The predicted octanol–water partition coefficient (Wildman–Crippen LogP) is 3.90. The van der Waals surface area contributed by atoms with Gasteiger partial charge in [-0.2, -0.15) is 0 Å². The summed E-state index contributed by atoms with van der Waals surface area (Å²) in [5.74, 6) is 0. The number of halogens is 2. The van der Waals surface area contributed by atoms with Crippen molar-refractivity contribution >= 4 is 35.0 Å². The summed E-state index contributed by atoms with van der Waals surface area (Å²) in [6.45, 7) is 0.524. The van der Waals surface area contributed by atoms with Crippen molar-refractivity contribution in [1.82, 2.24) is 4.90 Å². The van der Waals surface area contributed by atoms with Gasteiger partial charge in [0.15, 0.2) is 0 Å². The Hall–Kier alpha value is -1.78. The SMILES string of the molecule is N=C1C=CCN(C(=O)OCc2ccccc2)C1C=C(Cl)Cl. The van der Waals surface area contributed by atoms with E-state index in [4.69, 9.17) is 33.3 Å². The smallest absolute Gasteiger partial charge is 0.411 e. The molecule has 1 atom stereocenters. The van der Waals surface area contributed by atoms with Crippen LogP contribution in [0.3, 0.4) is 0 Å². The van der Waals surface area contributed by atoms with Crippen molar-refractivity contribution in [3.05, 3.63) is 58.6 Å². The van der Waals surface area contributed by atoms with Crippen LogP contribution >= 0.6 is 23.2 Å². The lowest BCUT2D eigenvalue weighted by Crippen LogP contribution is -2.45. The van der Waals surface area contributed by atoms with Gasteiger partial charge in [-0.15, -0.1) is 0 Å². The molecule has 0 saturated heterocycles. The predicted molar refractivity (Wildman–Crippen MR) is 83.8 cm³/mol. The fraction of sp³-hybridized carbons (Fsp3) is 0.200. The quantitative estimate of drug-likeness (QED) is 0.916. The van der Waals surface area contributed by atoms with Gasteiger partial charge < -0.3 is 10.1 Å². The van der Waals surface area contributed by atoms with Crippen LogP contribution < -0.4 is 0 Å². The van der Waals surface area contributed by atoms with Crippen LogP contribution in [0.15, 0.2) is 53.1 Å². The molecule has 1 unspecified atom stereocenters. The van der Waals surface area contributed by atoms with E-state index in [-0.39, 0.29) is 16.8 Å². The second-order valence-electron chi connectivity index (χ2n) is 4.45. The largest absolute Gasteiger partial charge is 0.445 e. The average Bonchev–Trinajstić information content (AvgIpc) is 2.47. The zero-order valence-corrected chi connectivity index (χ0v) is 12.6. The van der Waals surface area contributed by atoms with Gasteiger partial charge in [-0.25, -0.2) is 4.79 Å². The van der Waals surface area contributed by atoms with Gasteiger partial charge in [-0.1, -0.05) is 59.6 Å². The van der Waals surface area contributed by atoms with Gasteiger partial charge in [0.2, 0.25) is 0 Å². The summed E-state index contributed by atoms with van der Waals surface area (Å²) in [6.07, 6.45) is 4.28. The standard InChI is InChI=1S/C15H14Cl2N2O2/c16-14(17)9-13-12(18)7-4-8-19(13)15(20)21-10-11-5-2-1-3-6-11/h1-7,9,13,18H,8,10H2. The van der Waals surface area contributed by atoms with E-state index in [9.17, 15) is 4.79 Å². The molecule has 0 radical (unpaired) electrons. The van der Waals surface area contributed by atoms with Gasteiger partial charge in [-0.05, 0) is 17.7 Å². The molecule has 21 heavy (non-hydrogen) atoms. The molecule has 0 bridgehead atoms. The van der Waals surface area contributed by atoms with Crippen LogP contribution in [0.25, 0.3) is 0 Å². The molecule has 4 nitrogen and oxygen atoms in total. The highest BCUT2D eigenvalue weighted by molar-refractivity contribution is 6.56. The average molecular weight is 325 g/mol. The van der Waals surface area contributed by atoms with Crippen molar-refractivity contribution in [2.24, 2.45) is 0 Å². The molecule has 1 amide bonds. The number of hydrogen-bond donors (Lipinski definition) is 1. The van der Waals surface area contributed by atoms with Crippen molar-refractivity contribution < 1.29 is 9.53 Å². The highest BCUT2D eigenvalue weighted by atomic mass is 35.5. The van der Waals surface area contributed by atoms with E-state index in [1.165, 1.54) is 11.0 Å². The van der Waals surface area contributed by atoms with Crippen molar-refractivity contribution in [3.63, 3.8) is 0 Å². The first-order valence-corrected chi connectivity index (χ1v) is 7.08. The molecule has 6 heteroatoms. The van der Waals surface area contributed by atoms with Crippen LogP contribution in [-0.4, -0.2) is 29.3 Å². The Morgan fingerprint density at radius 2 is 2.10 bits per heavy atom. The third-order valence-corrected chi connectivity index (χ3v) is 3.23. The minimum atomic E-state index is -0.608. The number of nitrogens with zero attached hydrogens (tertiary/aromatic N) is 1. The van der Waals surface area contributed by atoms with Crippen LogP contribution in [0.5, 0.6) is 0 Å². The normalized spacial score (nSPS) is 17.5. The second kappa shape index (κ2) is 7.29. The molecule has 1 aliphatic heterocycles. The van der Waals surface area contributed by atoms with Crippen molar-refractivity contribution in [2.45, 2.75) is 12.6 Å². The minimum Gasteiger partial charge on any atom is -0.445 e. The summed E-state index contributed by atoms with van der Waals surface area (Å²) < 4.78 is 5.28. The van der Waals surface area contributed by atoms with E-state index < -0.39 is 12.1 Å². The zero-order chi connectivity index (χ0) is 15.2. The van der Waals surface area contributed by atoms with Gasteiger partial charge >= 0.3 is 6.09 Å². The first kappa shape index (κ1) is 15.6. The fourth-order valence-corrected chi connectivity index (χ4v) is 2.20. The van der Waals surface area contributed by atoms with Crippen molar-refractivity contribution in [2.75, 3.05) is 6.54 Å². The first-order chi connectivity index (χ1) is 10.1. The number of benzene rings is 1. The highest BCUT2D eigenvalue weighted by Gasteiger charge is 2.28. The number of carbonyl (C=O) groups is 1. The lowest BCUT2D eigenvalue weighted by atomic mass is 10.1. The van der Waals surface area contributed by atoms with Gasteiger partial charge in [0.25, 0.3) is 0 Å². The fourth-order valence-electron chi connectivity index (χ4n) is 1.96. The van der Waals surface area contributed by atoms with Crippen molar-refractivity contribution in [3.8, 4) is 0 Å². The molecular weight excluding hydrogens is 311 g/mol. The van der Waals surface area contributed by atoms with Crippen LogP contribution in [-0.2, 0) is 11.3 Å². The Morgan fingerprint density at radius 3 is 2.76 bits per heavy atom. The first-order valence-electron chi connectivity index (χ1n) is 6.33. The van der Waals surface area contributed by atoms with E-state index in [0.717, 1.165) is 5.56 Å².